The zero-order valence-electron chi connectivity index (χ0n) is 1.99. The molecule has 0 atom stereocenters. The van der Waals surface area contributed by atoms with E-state index >= 15 is 0 Å². The smallest absolute Gasteiger partial charge is 0 e. The fraction of sp³-hybridized carbons (Fsp3) is 0. The third-order valence-electron chi connectivity index (χ3n) is 0. The Kier molecular flexibility index (Phi) is 19.9. The van der Waals surface area contributed by atoms with Crippen LogP contribution in [0.5, 0.6) is 0 Å². The van der Waals surface area contributed by atoms with Gasteiger partial charge in [0.15, 0.2) is 0 Å². The third-order valence-corrected chi connectivity index (χ3v) is 0. The molecule has 0 aromatic rings. The standard InChI is InChI=1S/CO.Cd.Re/c1-2;;. The van der Waals surface area contributed by atoms with Crippen molar-refractivity contribution in [3.05, 3.63) is 0 Å². The van der Waals surface area contributed by atoms with Crippen LogP contribution in [0.4, 0.5) is 0 Å². The first-order valence-electron chi connectivity index (χ1n) is 0.393. The van der Waals surface area contributed by atoms with E-state index in [1.807, 2.05) is 0 Å². The van der Waals surface area contributed by atoms with Crippen LogP contribution >= 0.6 is 0 Å². The van der Waals surface area contributed by atoms with Crippen molar-refractivity contribution < 1.29 is 50.8 Å². The Hall–Kier alpha value is 1.16. The molecule has 0 aromatic carbocycles. The number of hydrogen-bond donors (Lipinski definition) is 0. The molecule has 0 saturated heterocycles. The van der Waals surface area contributed by atoms with Crippen LogP contribution in [0.2, 0.25) is 0 Å². The molecule has 0 unspecified atom stereocenters. The molecule has 0 rings (SSSR count). The topological polar surface area (TPSA) is 17.1 Å². The number of hydrogen-bond acceptors (Lipinski definition) is 1. The fourth-order valence-corrected chi connectivity index (χ4v) is 0. The normalized spacial score (nSPS) is 2.00. The minimum absolute atomic E-state index is 0. The molecule has 0 aromatic heterocycles. The van der Waals surface area contributed by atoms with Gasteiger partial charge >= 0.3 is 27.9 Å². The molecule has 0 amide bonds. The van der Waals surface area contributed by atoms with Gasteiger partial charge < -0.3 is 0 Å². The minimum Gasteiger partial charge on any atom is 0 e. The van der Waals surface area contributed by atoms with E-state index in [1.165, 1.54) is 0 Å². The number of carbonyl (C=O) groups excluding carboxylic acids is 1. The molecule has 0 aliphatic carbocycles. The van der Waals surface area contributed by atoms with Crippen LogP contribution in [-0.2, 0) is 50.8 Å². The monoisotopic (exact) mass is 329 g/mol. The van der Waals surface area contributed by atoms with E-state index in [4.69, 9.17) is 4.79 Å². The van der Waals surface area contributed by atoms with Gasteiger partial charge in [-0.05, 0) is 0 Å². The van der Waals surface area contributed by atoms with E-state index in [0.29, 0.717) is 0 Å². The molecule has 0 aliphatic heterocycles. The summed E-state index contributed by atoms with van der Waals surface area (Å²) in [6.45, 7) is 0. The predicted octanol–water partition coefficient (Wildman–Crippen LogP) is -0.402. The Morgan fingerprint density at radius 2 is 1.75 bits per heavy atom. The average Bonchev–Trinajstić information content (AvgIpc) is 0.918. The molecule has 3 heteroatoms. The molecule has 0 bridgehead atoms. The Labute approximate surface area is 54.8 Å². The second-order valence-corrected chi connectivity index (χ2v) is 0.632. The predicted molar refractivity (Wildman–Crippen MR) is 5.69 cm³/mol. The molecule has 0 radical (unpaired) electrons. The Balaban J connectivity index is 0. The van der Waals surface area contributed by atoms with Crippen LogP contribution in [0.1, 0.15) is 0 Å². The Bertz CT molecular complexity index is 29.0. The molecule has 0 spiro atoms. The van der Waals surface area contributed by atoms with Crippen molar-refractivity contribution >= 4 is 4.35 Å². The van der Waals surface area contributed by atoms with E-state index < -0.39 is 0 Å². The molecular weight excluding hydrogens is 327 g/mol. The fourth-order valence-electron chi connectivity index (χ4n) is 0. The SMILES string of the molecule is O=[C]=[Re].[Cd]. The van der Waals surface area contributed by atoms with E-state index in [-0.39, 0.29) is 27.3 Å². The number of rotatable bonds is 0. The van der Waals surface area contributed by atoms with Crippen LogP contribution in [0, 0.1) is 0 Å². The van der Waals surface area contributed by atoms with Crippen molar-refractivity contribution in [2.45, 2.75) is 0 Å². The van der Waals surface area contributed by atoms with Gasteiger partial charge in [-0.15, -0.1) is 0 Å². The van der Waals surface area contributed by atoms with E-state index in [1.54, 1.807) is 4.35 Å². The maximum atomic E-state index is 8.71. The molecule has 4 heavy (non-hydrogen) atoms. The maximum absolute atomic E-state index is 8.71. The zero-order valence-corrected chi connectivity index (χ0v) is 8.75. The first-order valence-corrected chi connectivity index (χ1v) is 1.75. The van der Waals surface area contributed by atoms with Crippen LogP contribution in [0.3, 0.4) is 0 Å². The summed E-state index contributed by atoms with van der Waals surface area (Å²) in [6, 6.07) is 0. The average molecular weight is 327 g/mol. The summed E-state index contributed by atoms with van der Waals surface area (Å²) in [5.41, 5.74) is 0. The van der Waals surface area contributed by atoms with Crippen molar-refractivity contribution in [3.8, 4) is 0 Å². The summed E-state index contributed by atoms with van der Waals surface area (Å²) < 4.78 is 1.56. The van der Waals surface area contributed by atoms with E-state index in [0.717, 1.165) is 18.7 Å². The largest absolute Gasteiger partial charge is 0 e. The summed E-state index contributed by atoms with van der Waals surface area (Å²) >= 11 is 1.02. The quantitative estimate of drug-likeness (QED) is 0.554. The van der Waals surface area contributed by atoms with Crippen LogP contribution < -0.4 is 0 Å². The molecule has 0 fully saturated rings. The molecule has 0 heterocycles. The molecular formula is CCdORe. The summed E-state index contributed by atoms with van der Waals surface area (Å²) in [4.78, 5) is 8.71. The van der Waals surface area contributed by atoms with Gasteiger partial charge in [-0.2, -0.15) is 0 Å². The van der Waals surface area contributed by atoms with Gasteiger partial charge in [0.2, 0.25) is 0 Å². The maximum Gasteiger partial charge on any atom is 0 e. The van der Waals surface area contributed by atoms with Crippen LogP contribution in [0.15, 0.2) is 0 Å². The van der Waals surface area contributed by atoms with Crippen molar-refractivity contribution in [2.24, 2.45) is 0 Å². The molecule has 0 N–H and O–H groups in total. The molecule has 19 valence electrons. The first kappa shape index (κ1) is 8.94. The first-order chi connectivity index (χ1) is 1.41. The van der Waals surface area contributed by atoms with Crippen molar-refractivity contribution in [1.82, 2.24) is 0 Å². The second-order valence-electron chi connectivity index (χ2n) is 0.0772. The Morgan fingerprint density at radius 1 is 1.75 bits per heavy atom. The summed E-state index contributed by atoms with van der Waals surface area (Å²) in [7, 11) is 0. The van der Waals surface area contributed by atoms with Crippen molar-refractivity contribution in [1.29, 1.82) is 0 Å². The summed E-state index contributed by atoms with van der Waals surface area (Å²) in [5.74, 6) is 0. The van der Waals surface area contributed by atoms with Gasteiger partial charge in [-0.1, -0.05) is 0 Å². The molecule has 0 saturated carbocycles. The van der Waals surface area contributed by atoms with Gasteiger partial charge in [-0.3, -0.25) is 0 Å². The van der Waals surface area contributed by atoms with Crippen LogP contribution in [-0.4, -0.2) is 4.35 Å². The van der Waals surface area contributed by atoms with Gasteiger partial charge in [-0.25, -0.2) is 0 Å². The minimum atomic E-state index is 0. The van der Waals surface area contributed by atoms with Gasteiger partial charge in [0, 0.05) is 27.3 Å². The summed E-state index contributed by atoms with van der Waals surface area (Å²) in [6.07, 6.45) is 0. The second kappa shape index (κ2) is 8.90. The Morgan fingerprint density at radius 3 is 1.75 bits per heavy atom. The van der Waals surface area contributed by atoms with Gasteiger partial charge in [0.25, 0.3) is 0 Å². The van der Waals surface area contributed by atoms with E-state index in [9.17, 15) is 0 Å². The summed E-state index contributed by atoms with van der Waals surface area (Å²) in [5, 5.41) is 0. The van der Waals surface area contributed by atoms with E-state index in [2.05, 4.69) is 0 Å². The van der Waals surface area contributed by atoms with Crippen LogP contribution in [0.25, 0.3) is 0 Å². The third kappa shape index (κ3) is 10.9. The molecule has 0 aliphatic rings. The van der Waals surface area contributed by atoms with Gasteiger partial charge in [0.1, 0.15) is 0 Å². The zero-order chi connectivity index (χ0) is 2.71. The van der Waals surface area contributed by atoms with Crippen molar-refractivity contribution in [3.63, 3.8) is 0 Å². The van der Waals surface area contributed by atoms with Gasteiger partial charge in [0.05, 0.1) is 0 Å². The van der Waals surface area contributed by atoms with Crippen molar-refractivity contribution in [2.75, 3.05) is 0 Å². The molecule has 1 nitrogen and oxygen atoms in total.